The van der Waals surface area contributed by atoms with Crippen LogP contribution in [0.4, 0.5) is 5.82 Å². The summed E-state index contributed by atoms with van der Waals surface area (Å²) in [5.74, 6) is 0.297. The lowest BCUT2D eigenvalue weighted by Gasteiger charge is -2.20. The van der Waals surface area contributed by atoms with Gasteiger partial charge in [-0.3, -0.25) is 9.59 Å². The van der Waals surface area contributed by atoms with Crippen LogP contribution in [0.3, 0.4) is 0 Å². The summed E-state index contributed by atoms with van der Waals surface area (Å²) in [5.41, 5.74) is 2.13. The quantitative estimate of drug-likeness (QED) is 0.560. The molecule has 2 N–H and O–H groups in total. The third-order valence-electron chi connectivity index (χ3n) is 4.78. The Morgan fingerprint density at radius 2 is 1.71 bits per heavy atom. The lowest BCUT2D eigenvalue weighted by Crippen LogP contribution is -2.34. The zero-order valence-corrected chi connectivity index (χ0v) is 18.3. The number of pyridine rings is 1. The van der Waals surface area contributed by atoms with E-state index in [-0.39, 0.29) is 18.2 Å². The molecule has 160 valence electrons. The average Bonchev–Trinajstić information content (AvgIpc) is 2.78. The van der Waals surface area contributed by atoms with Crippen molar-refractivity contribution in [2.24, 2.45) is 0 Å². The van der Waals surface area contributed by atoms with Gasteiger partial charge in [0.25, 0.3) is 5.91 Å². The minimum atomic E-state index is -0.493. The number of carbonyl (C=O) groups excluding carboxylic acids is 2. The first-order valence-electron chi connectivity index (χ1n) is 9.94. The molecule has 1 unspecified atom stereocenters. The zero-order chi connectivity index (χ0) is 22.2. The maximum absolute atomic E-state index is 12.8. The summed E-state index contributed by atoms with van der Waals surface area (Å²) in [6, 6.07) is 19.5. The van der Waals surface area contributed by atoms with E-state index in [1.807, 2.05) is 61.5 Å². The van der Waals surface area contributed by atoms with Gasteiger partial charge in [0.15, 0.2) is 0 Å². The molecular weight excluding hydrogens is 412 g/mol. The molecule has 6 nitrogen and oxygen atoms in total. The number of nitrogens with zero attached hydrogens (tertiary/aromatic N) is 2. The first kappa shape index (κ1) is 22.3. The van der Waals surface area contributed by atoms with Gasteiger partial charge in [-0.25, -0.2) is 4.98 Å². The van der Waals surface area contributed by atoms with E-state index < -0.39 is 6.04 Å². The number of hydrogen-bond donors (Lipinski definition) is 2. The van der Waals surface area contributed by atoms with Crippen molar-refractivity contribution in [3.63, 3.8) is 0 Å². The van der Waals surface area contributed by atoms with Crippen molar-refractivity contribution in [3.05, 3.63) is 94.6 Å². The molecule has 3 rings (SSSR count). The van der Waals surface area contributed by atoms with E-state index in [0.717, 1.165) is 16.9 Å². The van der Waals surface area contributed by atoms with E-state index >= 15 is 0 Å². The fourth-order valence-electron chi connectivity index (χ4n) is 3.24. The fraction of sp³-hybridized carbons (Fsp3) is 0.208. The van der Waals surface area contributed by atoms with Gasteiger partial charge in [-0.2, -0.15) is 0 Å². The number of benzene rings is 2. The SMILES string of the molecule is CN(C)c1ncccc1CNC(=O)CC(NC(=O)c1ccccc1Cl)c1ccccc1. The molecule has 0 spiro atoms. The van der Waals surface area contributed by atoms with Gasteiger partial charge in [0.05, 0.1) is 23.0 Å². The van der Waals surface area contributed by atoms with E-state index in [0.29, 0.717) is 17.1 Å². The topological polar surface area (TPSA) is 74.3 Å². The van der Waals surface area contributed by atoms with Crippen molar-refractivity contribution in [2.45, 2.75) is 19.0 Å². The van der Waals surface area contributed by atoms with Crippen molar-refractivity contribution >= 4 is 29.2 Å². The minimum Gasteiger partial charge on any atom is -0.362 e. The van der Waals surface area contributed by atoms with Crippen molar-refractivity contribution in [1.82, 2.24) is 15.6 Å². The van der Waals surface area contributed by atoms with Crippen LogP contribution in [0.15, 0.2) is 72.9 Å². The first-order valence-corrected chi connectivity index (χ1v) is 10.3. The Hall–Kier alpha value is -3.38. The molecule has 0 saturated carbocycles. The Morgan fingerprint density at radius 3 is 2.42 bits per heavy atom. The predicted octanol–water partition coefficient (Wildman–Crippen LogP) is 3.98. The maximum Gasteiger partial charge on any atom is 0.253 e. The number of rotatable bonds is 8. The molecule has 0 aliphatic carbocycles. The molecule has 31 heavy (non-hydrogen) atoms. The largest absolute Gasteiger partial charge is 0.362 e. The van der Waals surface area contributed by atoms with E-state index in [2.05, 4.69) is 15.6 Å². The number of halogens is 1. The van der Waals surface area contributed by atoms with Crippen LogP contribution in [-0.2, 0) is 11.3 Å². The second kappa shape index (κ2) is 10.6. The molecule has 1 heterocycles. The summed E-state index contributed by atoms with van der Waals surface area (Å²) in [6.07, 6.45) is 1.81. The molecule has 1 atom stereocenters. The molecule has 7 heteroatoms. The van der Waals surface area contributed by atoms with Crippen LogP contribution in [0, 0.1) is 0 Å². The van der Waals surface area contributed by atoms with E-state index in [1.165, 1.54) is 0 Å². The summed E-state index contributed by atoms with van der Waals surface area (Å²) in [6.45, 7) is 0.347. The highest BCUT2D eigenvalue weighted by Crippen LogP contribution is 2.21. The molecule has 0 fully saturated rings. The Balaban J connectivity index is 1.71. The standard InChI is InChI=1S/C24H25ClN4O2/c1-29(2)23-18(11-8-14-26-23)16-27-22(30)15-21(17-9-4-3-5-10-17)28-24(31)19-12-6-7-13-20(19)25/h3-14,21H,15-16H2,1-2H3,(H,27,30)(H,28,31). The van der Waals surface area contributed by atoms with Crippen LogP contribution >= 0.6 is 11.6 Å². The molecule has 0 bridgehead atoms. The summed E-state index contributed by atoms with van der Waals surface area (Å²) in [5, 5.41) is 6.25. The van der Waals surface area contributed by atoms with Crippen LogP contribution in [0.1, 0.15) is 33.9 Å². The number of amides is 2. The van der Waals surface area contributed by atoms with Crippen LogP contribution in [0.5, 0.6) is 0 Å². The fourth-order valence-corrected chi connectivity index (χ4v) is 3.46. The average molecular weight is 437 g/mol. The maximum atomic E-state index is 12.8. The highest BCUT2D eigenvalue weighted by atomic mass is 35.5. The third kappa shape index (κ3) is 6.06. The van der Waals surface area contributed by atoms with Gasteiger partial charge < -0.3 is 15.5 Å². The van der Waals surface area contributed by atoms with Gasteiger partial charge in [0, 0.05) is 32.4 Å². The van der Waals surface area contributed by atoms with Crippen molar-refractivity contribution < 1.29 is 9.59 Å². The molecule has 0 aliphatic heterocycles. The number of aromatic nitrogens is 1. The molecule has 0 saturated heterocycles. The lowest BCUT2D eigenvalue weighted by atomic mass is 10.0. The minimum absolute atomic E-state index is 0.0950. The van der Waals surface area contributed by atoms with Crippen molar-refractivity contribution in [1.29, 1.82) is 0 Å². The summed E-state index contributed by atoms with van der Waals surface area (Å²) < 4.78 is 0. The summed E-state index contributed by atoms with van der Waals surface area (Å²) in [4.78, 5) is 31.8. The Kier molecular flexibility index (Phi) is 7.62. The van der Waals surface area contributed by atoms with E-state index in [1.54, 1.807) is 30.5 Å². The molecule has 0 aliphatic rings. The second-order valence-electron chi connectivity index (χ2n) is 7.28. The van der Waals surface area contributed by atoms with Gasteiger partial charge >= 0.3 is 0 Å². The Morgan fingerprint density at radius 1 is 1.00 bits per heavy atom. The van der Waals surface area contributed by atoms with Gasteiger partial charge in [-0.05, 0) is 23.8 Å². The van der Waals surface area contributed by atoms with Gasteiger partial charge in [0.2, 0.25) is 5.91 Å². The lowest BCUT2D eigenvalue weighted by molar-refractivity contribution is -0.121. The number of nitrogens with one attached hydrogen (secondary N) is 2. The molecule has 2 aromatic carbocycles. The summed E-state index contributed by atoms with van der Waals surface area (Å²) in [7, 11) is 3.81. The monoisotopic (exact) mass is 436 g/mol. The third-order valence-corrected chi connectivity index (χ3v) is 5.11. The zero-order valence-electron chi connectivity index (χ0n) is 17.5. The van der Waals surface area contributed by atoms with Gasteiger partial charge in [0.1, 0.15) is 5.82 Å². The predicted molar refractivity (Wildman–Crippen MR) is 123 cm³/mol. The molecule has 0 radical (unpaired) electrons. The number of carbonyl (C=O) groups is 2. The Bertz CT molecular complexity index is 1040. The molecule has 1 aromatic heterocycles. The number of anilines is 1. The van der Waals surface area contributed by atoms with Crippen LogP contribution < -0.4 is 15.5 Å². The molecule has 2 amide bonds. The van der Waals surface area contributed by atoms with Crippen LogP contribution in [0.2, 0.25) is 5.02 Å². The first-order chi connectivity index (χ1) is 15.0. The van der Waals surface area contributed by atoms with E-state index in [4.69, 9.17) is 11.6 Å². The van der Waals surface area contributed by atoms with Crippen LogP contribution in [-0.4, -0.2) is 30.9 Å². The Labute approximate surface area is 187 Å². The smallest absolute Gasteiger partial charge is 0.253 e. The van der Waals surface area contributed by atoms with Crippen molar-refractivity contribution in [3.8, 4) is 0 Å². The normalized spacial score (nSPS) is 11.5. The van der Waals surface area contributed by atoms with Gasteiger partial charge in [-0.1, -0.05) is 60.1 Å². The highest BCUT2D eigenvalue weighted by Gasteiger charge is 2.20. The van der Waals surface area contributed by atoms with Crippen molar-refractivity contribution in [2.75, 3.05) is 19.0 Å². The highest BCUT2D eigenvalue weighted by molar-refractivity contribution is 6.33. The molecular formula is C24H25ClN4O2. The number of hydrogen-bond acceptors (Lipinski definition) is 4. The second-order valence-corrected chi connectivity index (χ2v) is 7.69. The van der Waals surface area contributed by atoms with Gasteiger partial charge in [-0.15, -0.1) is 0 Å². The van der Waals surface area contributed by atoms with Crippen LogP contribution in [0.25, 0.3) is 0 Å². The summed E-state index contributed by atoms with van der Waals surface area (Å²) >= 11 is 6.16. The van der Waals surface area contributed by atoms with E-state index in [9.17, 15) is 9.59 Å². The molecule has 3 aromatic rings.